The second-order valence-electron chi connectivity index (χ2n) is 4.46. The minimum Gasteiger partial charge on any atom is -0.369 e. The molecule has 0 aliphatic rings. The molecule has 5 nitrogen and oxygen atoms in total. The van der Waals surface area contributed by atoms with Crippen molar-refractivity contribution in [3.05, 3.63) is 54.1 Å². The smallest absolute Gasteiger partial charge is 0.323 e. The fourth-order valence-corrected chi connectivity index (χ4v) is 2.45. The van der Waals surface area contributed by atoms with Crippen LogP contribution in [0.1, 0.15) is 0 Å². The Morgan fingerprint density at radius 3 is 2.48 bits per heavy atom. The number of anilines is 2. The van der Waals surface area contributed by atoms with Gasteiger partial charge >= 0.3 is 6.03 Å². The topological polar surface area (TPSA) is 84.2 Å². The monoisotopic (exact) mass is 337 g/mol. The Kier molecular flexibility index (Phi) is 5.53. The highest BCUT2D eigenvalue weighted by Crippen LogP contribution is 2.26. The van der Waals surface area contributed by atoms with Crippen LogP contribution in [0.3, 0.4) is 0 Å². The molecular formula is C15H13F2N3O2S. The lowest BCUT2D eigenvalue weighted by Gasteiger charge is -2.11. The second kappa shape index (κ2) is 7.59. The molecule has 0 unspecified atom stereocenters. The number of hydrogen-bond donors (Lipinski definition) is 3. The lowest BCUT2D eigenvalue weighted by atomic mass is 10.3. The molecule has 0 aromatic heterocycles. The first-order valence-corrected chi connectivity index (χ1v) is 7.47. The molecule has 0 atom stereocenters. The molecule has 3 amide bonds. The molecule has 2 aromatic rings. The van der Waals surface area contributed by atoms with Gasteiger partial charge in [-0.2, -0.15) is 0 Å². The Morgan fingerprint density at radius 1 is 1.04 bits per heavy atom. The summed E-state index contributed by atoms with van der Waals surface area (Å²) in [6, 6.07) is 9.25. The van der Waals surface area contributed by atoms with Crippen molar-refractivity contribution in [2.45, 2.75) is 4.90 Å². The van der Waals surface area contributed by atoms with Crippen molar-refractivity contribution in [3.8, 4) is 0 Å². The minimum atomic E-state index is -1.06. The quantitative estimate of drug-likeness (QED) is 0.733. The van der Waals surface area contributed by atoms with Crippen LogP contribution in [0.15, 0.2) is 47.4 Å². The maximum absolute atomic E-state index is 13.1. The van der Waals surface area contributed by atoms with Crippen LogP contribution in [0, 0.1) is 11.6 Å². The van der Waals surface area contributed by atoms with Crippen LogP contribution in [0.25, 0.3) is 0 Å². The van der Waals surface area contributed by atoms with E-state index in [1.807, 2.05) is 0 Å². The lowest BCUT2D eigenvalue weighted by Crippen LogP contribution is -2.20. The Hall–Kier alpha value is -2.61. The molecule has 4 N–H and O–H groups in total. The number of benzene rings is 2. The van der Waals surface area contributed by atoms with E-state index in [2.05, 4.69) is 10.6 Å². The number of halogens is 2. The molecule has 0 heterocycles. The molecule has 2 aromatic carbocycles. The molecule has 120 valence electrons. The van der Waals surface area contributed by atoms with Crippen molar-refractivity contribution >= 4 is 35.1 Å². The van der Waals surface area contributed by atoms with Crippen molar-refractivity contribution < 1.29 is 18.4 Å². The Bertz CT molecular complexity index is 740. The van der Waals surface area contributed by atoms with E-state index in [1.165, 1.54) is 17.8 Å². The third kappa shape index (κ3) is 4.96. The fraction of sp³-hybridized carbons (Fsp3) is 0.0667. The molecule has 0 saturated carbocycles. The normalized spacial score (nSPS) is 10.2. The zero-order chi connectivity index (χ0) is 16.8. The van der Waals surface area contributed by atoms with Crippen LogP contribution in [-0.4, -0.2) is 17.7 Å². The molecule has 0 radical (unpaired) electrons. The van der Waals surface area contributed by atoms with Gasteiger partial charge in [-0.25, -0.2) is 13.6 Å². The fourth-order valence-electron chi connectivity index (χ4n) is 1.70. The molecule has 23 heavy (non-hydrogen) atoms. The van der Waals surface area contributed by atoms with Gasteiger partial charge < -0.3 is 16.4 Å². The Balaban J connectivity index is 2.05. The SMILES string of the molecule is NC(=O)CSc1ccccc1NC(=O)Nc1ccc(F)c(F)c1. The largest absolute Gasteiger partial charge is 0.369 e. The summed E-state index contributed by atoms with van der Waals surface area (Å²) in [6.07, 6.45) is 0. The van der Waals surface area contributed by atoms with E-state index in [0.29, 0.717) is 10.6 Å². The van der Waals surface area contributed by atoms with Gasteiger partial charge in [-0.15, -0.1) is 11.8 Å². The number of primary amides is 1. The molecule has 2 rings (SSSR count). The second-order valence-corrected chi connectivity index (χ2v) is 5.48. The third-order valence-corrected chi connectivity index (χ3v) is 3.78. The van der Waals surface area contributed by atoms with E-state index in [4.69, 9.17) is 5.73 Å². The van der Waals surface area contributed by atoms with Gasteiger partial charge in [0.25, 0.3) is 0 Å². The summed E-state index contributed by atoms with van der Waals surface area (Å²) < 4.78 is 25.9. The first kappa shape index (κ1) is 16.8. The Morgan fingerprint density at radius 2 is 1.78 bits per heavy atom. The highest BCUT2D eigenvalue weighted by Gasteiger charge is 2.09. The molecule has 0 fully saturated rings. The van der Waals surface area contributed by atoms with E-state index in [1.54, 1.807) is 24.3 Å². The van der Waals surface area contributed by atoms with Crippen LogP contribution in [0.4, 0.5) is 25.0 Å². The molecule has 0 saturated heterocycles. The number of carbonyl (C=O) groups is 2. The minimum absolute atomic E-state index is 0.0729. The molecule has 0 aliphatic carbocycles. The zero-order valence-corrected chi connectivity index (χ0v) is 12.6. The van der Waals surface area contributed by atoms with E-state index in [0.717, 1.165) is 12.1 Å². The number of amides is 3. The summed E-state index contributed by atoms with van der Waals surface area (Å²) >= 11 is 1.18. The number of nitrogens with two attached hydrogens (primary N) is 1. The summed E-state index contributed by atoms with van der Waals surface area (Å²) in [6.45, 7) is 0. The van der Waals surface area contributed by atoms with Gasteiger partial charge in [0.05, 0.1) is 11.4 Å². The Labute approximate surface area is 135 Å². The molecule has 8 heteroatoms. The van der Waals surface area contributed by atoms with Crippen molar-refractivity contribution in [2.24, 2.45) is 5.73 Å². The van der Waals surface area contributed by atoms with Crippen molar-refractivity contribution in [1.29, 1.82) is 0 Å². The van der Waals surface area contributed by atoms with Gasteiger partial charge in [-0.3, -0.25) is 4.79 Å². The third-order valence-electron chi connectivity index (χ3n) is 2.68. The van der Waals surface area contributed by atoms with E-state index in [9.17, 15) is 18.4 Å². The standard InChI is InChI=1S/C15H13F2N3O2S/c16-10-6-5-9(7-11(10)17)19-15(22)20-12-3-1-2-4-13(12)23-8-14(18)21/h1-7H,8H2,(H2,18,21)(H2,19,20,22). The number of para-hydroxylation sites is 1. The predicted molar refractivity (Wildman–Crippen MR) is 85.4 cm³/mol. The maximum atomic E-state index is 13.1. The molecule has 0 aliphatic heterocycles. The summed E-state index contributed by atoms with van der Waals surface area (Å²) in [5.74, 6) is -2.45. The average molecular weight is 337 g/mol. The first-order valence-electron chi connectivity index (χ1n) is 6.49. The number of nitrogens with one attached hydrogen (secondary N) is 2. The zero-order valence-electron chi connectivity index (χ0n) is 11.8. The van der Waals surface area contributed by atoms with Gasteiger partial charge in [-0.1, -0.05) is 12.1 Å². The van der Waals surface area contributed by atoms with Crippen LogP contribution < -0.4 is 16.4 Å². The number of thioether (sulfide) groups is 1. The summed E-state index contributed by atoms with van der Waals surface area (Å²) in [5.41, 5.74) is 5.68. The summed E-state index contributed by atoms with van der Waals surface area (Å²) in [4.78, 5) is 23.4. The lowest BCUT2D eigenvalue weighted by molar-refractivity contribution is -0.115. The predicted octanol–water partition coefficient (Wildman–Crippen LogP) is 3.19. The number of rotatable bonds is 5. The summed E-state index contributed by atoms with van der Waals surface area (Å²) in [5, 5.41) is 4.97. The maximum Gasteiger partial charge on any atom is 0.323 e. The van der Waals surface area contributed by atoms with Crippen LogP contribution in [0.5, 0.6) is 0 Å². The van der Waals surface area contributed by atoms with Gasteiger partial charge in [0.1, 0.15) is 0 Å². The number of urea groups is 1. The van der Waals surface area contributed by atoms with Gasteiger partial charge in [0, 0.05) is 16.6 Å². The average Bonchev–Trinajstić information content (AvgIpc) is 2.50. The van der Waals surface area contributed by atoms with E-state index < -0.39 is 23.6 Å². The van der Waals surface area contributed by atoms with Crippen LogP contribution in [-0.2, 0) is 4.79 Å². The van der Waals surface area contributed by atoms with Crippen molar-refractivity contribution in [1.82, 2.24) is 0 Å². The molecular weight excluding hydrogens is 324 g/mol. The highest BCUT2D eigenvalue weighted by molar-refractivity contribution is 8.00. The highest BCUT2D eigenvalue weighted by atomic mass is 32.2. The number of carbonyl (C=O) groups excluding carboxylic acids is 2. The first-order chi connectivity index (χ1) is 11.0. The number of hydrogen-bond acceptors (Lipinski definition) is 3. The van der Waals surface area contributed by atoms with Crippen molar-refractivity contribution in [3.63, 3.8) is 0 Å². The van der Waals surface area contributed by atoms with Crippen LogP contribution >= 0.6 is 11.8 Å². The van der Waals surface area contributed by atoms with Gasteiger partial charge in [-0.05, 0) is 24.3 Å². The van der Waals surface area contributed by atoms with Gasteiger partial charge in [0.15, 0.2) is 11.6 Å². The molecule has 0 spiro atoms. The van der Waals surface area contributed by atoms with E-state index >= 15 is 0 Å². The van der Waals surface area contributed by atoms with E-state index in [-0.39, 0.29) is 11.4 Å². The van der Waals surface area contributed by atoms with Crippen molar-refractivity contribution in [2.75, 3.05) is 16.4 Å². The van der Waals surface area contributed by atoms with Gasteiger partial charge in [0.2, 0.25) is 5.91 Å². The van der Waals surface area contributed by atoms with Crippen LogP contribution in [0.2, 0.25) is 0 Å². The summed E-state index contributed by atoms with van der Waals surface area (Å²) in [7, 11) is 0. The molecule has 0 bridgehead atoms.